The predicted octanol–water partition coefficient (Wildman–Crippen LogP) is -0.398. The van der Waals surface area contributed by atoms with Crippen molar-refractivity contribution in [2.45, 2.75) is 32.2 Å². The second-order valence-corrected chi connectivity index (χ2v) is 7.08. The van der Waals surface area contributed by atoms with Crippen LogP contribution in [0.5, 0.6) is 0 Å². The van der Waals surface area contributed by atoms with Gasteiger partial charge in [0.05, 0.1) is 6.61 Å². The first-order valence-electron chi connectivity index (χ1n) is 7.73. The van der Waals surface area contributed by atoms with E-state index in [0.717, 1.165) is 32.4 Å². The van der Waals surface area contributed by atoms with Crippen LogP contribution >= 0.6 is 0 Å². The third kappa shape index (κ3) is 6.17. The summed E-state index contributed by atoms with van der Waals surface area (Å²) < 4.78 is 33.4. The number of nitrogens with one attached hydrogen (secondary N) is 1. The van der Waals surface area contributed by atoms with Crippen LogP contribution in [0.25, 0.3) is 0 Å². The zero-order valence-corrected chi connectivity index (χ0v) is 14.1. The quantitative estimate of drug-likeness (QED) is 0.564. The van der Waals surface area contributed by atoms with Crippen LogP contribution in [0.15, 0.2) is 0 Å². The van der Waals surface area contributed by atoms with E-state index in [9.17, 15) is 8.42 Å². The van der Waals surface area contributed by atoms with E-state index in [0.29, 0.717) is 38.8 Å². The lowest BCUT2D eigenvalue weighted by Gasteiger charge is -2.29. The molecule has 0 aromatic heterocycles. The van der Waals surface area contributed by atoms with Crippen molar-refractivity contribution in [2.24, 2.45) is 5.73 Å². The molecule has 0 aromatic rings. The molecular weight excluding hydrogens is 292 g/mol. The molecule has 1 heterocycles. The van der Waals surface area contributed by atoms with Gasteiger partial charge in [-0.3, -0.25) is 4.90 Å². The third-order valence-corrected chi connectivity index (χ3v) is 5.52. The Hall–Kier alpha value is -0.250. The second-order valence-electron chi connectivity index (χ2n) is 5.32. The summed E-state index contributed by atoms with van der Waals surface area (Å²) in [5.41, 5.74) is 5.66. The highest BCUT2D eigenvalue weighted by atomic mass is 32.2. The molecule has 1 aliphatic rings. The fourth-order valence-corrected chi connectivity index (χ4v) is 3.94. The van der Waals surface area contributed by atoms with Gasteiger partial charge in [0.15, 0.2) is 0 Å². The molecule has 0 saturated carbocycles. The Morgan fingerprint density at radius 2 is 2.05 bits per heavy atom. The molecule has 0 bridgehead atoms. The number of hydrogen-bond acceptors (Lipinski definition) is 5. The standard InChI is InChI=1S/C13H30N4O3S/c1-3-13(5-6-14)16-8-4-9-17(11-10-16)21(18,19)15-7-12-20-2/h13,15H,3-12,14H2,1-2H3. The van der Waals surface area contributed by atoms with Crippen molar-refractivity contribution >= 4 is 10.2 Å². The zero-order valence-electron chi connectivity index (χ0n) is 13.3. The van der Waals surface area contributed by atoms with E-state index in [1.807, 2.05) is 0 Å². The highest BCUT2D eigenvalue weighted by molar-refractivity contribution is 7.87. The summed E-state index contributed by atoms with van der Waals surface area (Å²) >= 11 is 0. The average Bonchev–Trinajstić information content (AvgIpc) is 2.71. The van der Waals surface area contributed by atoms with Gasteiger partial charge in [-0.15, -0.1) is 0 Å². The molecule has 0 radical (unpaired) electrons. The Labute approximate surface area is 129 Å². The normalized spacial score (nSPS) is 20.3. The first-order chi connectivity index (χ1) is 10.0. The van der Waals surface area contributed by atoms with Crippen molar-refractivity contribution in [2.75, 3.05) is 53.0 Å². The fraction of sp³-hybridized carbons (Fsp3) is 1.00. The second kappa shape index (κ2) is 9.70. The zero-order chi connectivity index (χ0) is 15.7. The molecule has 1 unspecified atom stereocenters. The molecule has 3 N–H and O–H groups in total. The molecule has 0 aliphatic carbocycles. The highest BCUT2D eigenvalue weighted by Gasteiger charge is 2.26. The SMILES string of the molecule is CCC(CCN)N1CCCN(S(=O)(=O)NCCOC)CC1. The average molecular weight is 322 g/mol. The molecule has 1 rings (SSSR count). The van der Waals surface area contributed by atoms with Gasteiger partial charge in [-0.1, -0.05) is 6.92 Å². The van der Waals surface area contributed by atoms with Gasteiger partial charge in [-0.05, 0) is 32.4 Å². The first-order valence-corrected chi connectivity index (χ1v) is 9.17. The van der Waals surface area contributed by atoms with Crippen molar-refractivity contribution in [3.63, 3.8) is 0 Å². The molecular formula is C13H30N4O3S. The smallest absolute Gasteiger partial charge is 0.279 e. The summed E-state index contributed by atoms with van der Waals surface area (Å²) in [5.74, 6) is 0. The van der Waals surface area contributed by atoms with Crippen molar-refractivity contribution in [1.29, 1.82) is 0 Å². The van der Waals surface area contributed by atoms with Gasteiger partial charge < -0.3 is 10.5 Å². The number of hydrogen-bond donors (Lipinski definition) is 2. The van der Waals surface area contributed by atoms with Gasteiger partial charge in [-0.2, -0.15) is 17.4 Å². The van der Waals surface area contributed by atoms with Crippen molar-refractivity contribution in [3.8, 4) is 0 Å². The van der Waals surface area contributed by atoms with Crippen molar-refractivity contribution < 1.29 is 13.2 Å². The Balaban J connectivity index is 2.54. The van der Waals surface area contributed by atoms with Crippen LogP contribution in [0.2, 0.25) is 0 Å². The highest BCUT2D eigenvalue weighted by Crippen LogP contribution is 2.13. The number of rotatable bonds is 9. The van der Waals surface area contributed by atoms with Crippen LogP contribution in [-0.4, -0.2) is 76.6 Å². The summed E-state index contributed by atoms with van der Waals surface area (Å²) in [7, 11) is -1.84. The molecule has 7 nitrogen and oxygen atoms in total. The molecule has 1 saturated heterocycles. The predicted molar refractivity (Wildman–Crippen MR) is 84.3 cm³/mol. The van der Waals surface area contributed by atoms with E-state index in [2.05, 4.69) is 16.5 Å². The summed E-state index contributed by atoms with van der Waals surface area (Å²) in [6.07, 6.45) is 2.87. The Kier molecular flexibility index (Phi) is 8.69. The summed E-state index contributed by atoms with van der Waals surface area (Å²) in [5, 5.41) is 0. The van der Waals surface area contributed by atoms with Gasteiger partial charge in [0.1, 0.15) is 0 Å². The van der Waals surface area contributed by atoms with E-state index in [4.69, 9.17) is 10.5 Å². The maximum absolute atomic E-state index is 12.2. The van der Waals surface area contributed by atoms with Gasteiger partial charge in [-0.25, -0.2) is 0 Å². The van der Waals surface area contributed by atoms with Crippen molar-refractivity contribution in [3.05, 3.63) is 0 Å². The Bertz CT molecular complexity index is 378. The minimum atomic E-state index is -3.40. The third-order valence-electron chi connectivity index (χ3n) is 3.91. The molecule has 0 aromatic carbocycles. The van der Waals surface area contributed by atoms with Crippen LogP contribution < -0.4 is 10.5 Å². The van der Waals surface area contributed by atoms with Gasteiger partial charge in [0.25, 0.3) is 10.2 Å². The van der Waals surface area contributed by atoms with Crippen LogP contribution in [0, 0.1) is 0 Å². The lowest BCUT2D eigenvalue weighted by molar-refractivity contribution is 0.192. The lowest BCUT2D eigenvalue weighted by atomic mass is 10.1. The summed E-state index contributed by atoms with van der Waals surface area (Å²) in [6, 6.07) is 0.458. The first kappa shape index (κ1) is 18.8. The monoisotopic (exact) mass is 322 g/mol. The number of nitrogens with two attached hydrogens (primary N) is 1. The molecule has 126 valence electrons. The minimum absolute atomic E-state index is 0.309. The van der Waals surface area contributed by atoms with E-state index in [-0.39, 0.29) is 0 Å². The number of methoxy groups -OCH3 is 1. The van der Waals surface area contributed by atoms with Crippen LogP contribution in [0.4, 0.5) is 0 Å². The van der Waals surface area contributed by atoms with Crippen molar-refractivity contribution in [1.82, 2.24) is 13.9 Å². The molecule has 21 heavy (non-hydrogen) atoms. The molecule has 8 heteroatoms. The largest absolute Gasteiger partial charge is 0.383 e. The fourth-order valence-electron chi connectivity index (χ4n) is 2.72. The van der Waals surface area contributed by atoms with Crippen LogP contribution in [0.1, 0.15) is 26.2 Å². The maximum atomic E-state index is 12.2. The van der Waals surface area contributed by atoms with E-state index >= 15 is 0 Å². The Morgan fingerprint density at radius 3 is 2.67 bits per heavy atom. The molecule has 0 spiro atoms. The van der Waals surface area contributed by atoms with Gasteiger partial charge >= 0.3 is 0 Å². The summed E-state index contributed by atoms with van der Waals surface area (Å²) in [6.45, 7) is 6.33. The Morgan fingerprint density at radius 1 is 1.29 bits per heavy atom. The number of ether oxygens (including phenoxy) is 1. The van der Waals surface area contributed by atoms with Crippen LogP contribution in [-0.2, 0) is 14.9 Å². The molecule has 1 aliphatic heterocycles. The maximum Gasteiger partial charge on any atom is 0.279 e. The van der Waals surface area contributed by atoms with Gasteiger partial charge in [0, 0.05) is 39.3 Å². The minimum Gasteiger partial charge on any atom is -0.383 e. The lowest BCUT2D eigenvalue weighted by Crippen LogP contribution is -2.44. The molecule has 1 atom stereocenters. The van der Waals surface area contributed by atoms with Gasteiger partial charge in [0.2, 0.25) is 0 Å². The molecule has 0 amide bonds. The van der Waals surface area contributed by atoms with E-state index in [1.54, 1.807) is 7.11 Å². The van der Waals surface area contributed by atoms with E-state index < -0.39 is 10.2 Å². The topological polar surface area (TPSA) is 87.9 Å². The van der Waals surface area contributed by atoms with Crippen LogP contribution in [0.3, 0.4) is 0 Å². The van der Waals surface area contributed by atoms with E-state index in [1.165, 1.54) is 4.31 Å². The summed E-state index contributed by atoms with van der Waals surface area (Å²) in [4.78, 5) is 2.37. The number of nitrogens with zero attached hydrogens (tertiary/aromatic N) is 2. The molecule has 1 fully saturated rings.